The molecule has 0 radical (unpaired) electrons. The highest BCUT2D eigenvalue weighted by molar-refractivity contribution is 6.21. The average Bonchev–Trinajstić information content (AvgIpc) is 1.87. The van der Waals surface area contributed by atoms with Gasteiger partial charge in [-0.05, 0) is 18.8 Å². The Morgan fingerprint density at radius 2 is 1.70 bits per heavy atom. The Balaban J connectivity index is 3.83. The Labute approximate surface area is 66.8 Å². The molecule has 0 aromatic rings. The van der Waals surface area contributed by atoms with Crippen molar-refractivity contribution in [3.8, 4) is 0 Å². The third kappa shape index (κ3) is 3.46. The molecule has 0 saturated carbocycles. The zero-order chi connectivity index (χ0) is 7.98. The van der Waals surface area contributed by atoms with Crippen LogP contribution in [0, 0.1) is 5.92 Å². The fraction of sp³-hybridized carbons (Fsp3) is 0.333. The SMILES string of the molecule is C=CCC(CC=C)C(=C)[SiH3]. The Morgan fingerprint density at radius 3 is 1.90 bits per heavy atom. The number of hydrogen-bond acceptors (Lipinski definition) is 0. The van der Waals surface area contributed by atoms with Gasteiger partial charge in [0, 0.05) is 10.2 Å². The molecule has 0 bridgehead atoms. The molecule has 0 N–H and O–H groups in total. The van der Waals surface area contributed by atoms with E-state index in [2.05, 4.69) is 19.7 Å². The lowest BCUT2D eigenvalue weighted by Gasteiger charge is -2.11. The summed E-state index contributed by atoms with van der Waals surface area (Å²) < 4.78 is 0. The molecule has 0 aromatic carbocycles. The van der Waals surface area contributed by atoms with E-state index in [9.17, 15) is 0 Å². The van der Waals surface area contributed by atoms with Crippen molar-refractivity contribution < 1.29 is 0 Å². The van der Waals surface area contributed by atoms with E-state index >= 15 is 0 Å². The predicted octanol–water partition coefficient (Wildman–Crippen LogP) is 1.63. The summed E-state index contributed by atoms with van der Waals surface area (Å²) in [5.74, 6) is 0.613. The van der Waals surface area contributed by atoms with Crippen LogP contribution in [-0.2, 0) is 0 Å². The van der Waals surface area contributed by atoms with Crippen LogP contribution in [0.5, 0.6) is 0 Å². The van der Waals surface area contributed by atoms with Crippen molar-refractivity contribution in [3.05, 3.63) is 37.1 Å². The maximum absolute atomic E-state index is 3.96. The van der Waals surface area contributed by atoms with Crippen LogP contribution in [0.4, 0.5) is 0 Å². The van der Waals surface area contributed by atoms with E-state index in [1.807, 2.05) is 12.2 Å². The van der Waals surface area contributed by atoms with Crippen molar-refractivity contribution in [2.75, 3.05) is 0 Å². The molecule has 0 atom stereocenters. The predicted molar refractivity (Wildman–Crippen MR) is 52.2 cm³/mol. The van der Waals surface area contributed by atoms with E-state index in [1.54, 1.807) is 0 Å². The summed E-state index contributed by atoms with van der Waals surface area (Å²) in [6.45, 7) is 11.4. The lowest BCUT2D eigenvalue weighted by molar-refractivity contribution is 0.665. The fourth-order valence-electron chi connectivity index (χ4n) is 0.901. The second-order valence-electron chi connectivity index (χ2n) is 2.59. The zero-order valence-corrected chi connectivity index (χ0v) is 8.77. The van der Waals surface area contributed by atoms with E-state index in [0.29, 0.717) is 5.92 Å². The standard InChI is InChI=1S/C9H16Si/c1-4-6-9(7-5-2)8(3)10/h4-5,9H,1-3,6-7H2,10H3. The van der Waals surface area contributed by atoms with Gasteiger partial charge in [-0.2, -0.15) is 0 Å². The van der Waals surface area contributed by atoms with Crippen LogP contribution >= 0.6 is 0 Å². The normalized spacial score (nSPS) is 9.70. The fourth-order valence-corrected chi connectivity index (χ4v) is 1.37. The molecule has 0 aliphatic heterocycles. The number of allylic oxidation sites excluding steroid dienone is 3. The van der Waals surface area contributed by atoms with Crippen LogP contribution < -0.4 is 0 Å². The first-order valence-corrected chi connectivity index (χ1v) is 4.59. The first-order chi connectivity index (χ1) is 4.72. The van der Waals surface area contributed by atoms with Gasteiger partial charge in [0.2, 0.25) is 0 Å². The highest BCUT2D eigenvalue weighted by atomic mass is 28.1. The Morgan fingerprint density at radius 1 is 1.30 bits per heavy atom. The van der Waals surface area contributed by atoms with Crippen molar-refractivity contribution in [2.45, 2.75) is 12.8 Å². The Bertz CT molecular complexity index is 126. The second-order valence-corrected chi connectivity index (χ2v) is 3.88. The zero-order valence-electron chi connectivity index (χ0n) is 6.77. The number of rotatable bonds is 5. The van der Waals surface area contributed by atoms with E-state index in [1.165, 1.54) is 5.20 Å². The summed E-state index contributed by atoms with van der Waals surface area (Å²) in [5, 5.41) is 1.36. The summed E-state index contributed by atoms with van der Waals surface area (Å²) in [6.07, 6.45) is 6.01. The molecule has 0 heterocycles. The van der Waals surface area contributed by atoms with Gasteiger partial charge in [-0.25, -0.2) is 0 Å². The summed E-state index contributed by atoms with van der Waals surface area (Å²) in [6, 6.07) is 0. The number of hydrogen-bond donors (Lipinski definition) is 0. The van der Waals surface area contributed by atoms with Crippen molar-refractivity contribution in [2.24, 2.45) is 5.92 Å². The van der Waals surface area contributed by atoms with Gasteiger partial charge < -0.3 is 0 Å². The average molecular weight is 152 g/mol. The topological polar surface area (TPSA) is 0 Å². The minimum Gasteiger partial charge on any atom is -0.104 e. The van der Waals surface area contributed by atoms with Crippen molar-refractivity contribution >= 4 is 10.2 Å². The maximum Gasteiger partial charge on any atom is 0.0329 e. The molecule has 0 saturated heterocycles. The van der Waals surface area contributed by atoms with Gasteiger partial charge in [0.25, 0.3) is 0 Å². The van der Waals surface area contributed by atoms with Gasteiger partial charge in [0.15, 0.2) is 0 Å². The molecule has 0 amide bonds. The van der Waals surface area contributed by atoms with Crippen LogP contribution in [0.15, 0.2) is 37.1 Å². The largest absolute Gasteiger partial charge is 0.104 e. The second kappa shape index (κ2) is 5.24. The van der Waals surface area contributed by atoms with Crippen molar-refractivity contribution in [1.82, 2.24) is 0 Å². The maximum atomic E-state index is 3.96. The first-order valence-electron chi connectivity index (χ1n) is 3.59. The summed E-state index contributed by atoms with van der Waals surface area (Å²) in [4.78, 5) is 0. The summed E-state index contributed by atoms with van der Waals surface area (Å²) in [5.41, 5.74) is 0. The minimum atomic E-state index is 0.613. The van der Waals surface area contributed by atoms with Crippen LogP contribution in [0.2, 0.25) is 0 Å². The van der Waals surface area contributed by atoms with E-state index < -0.39 is 0 Å². The molecule has 0 unspecified atom stereocenters. The smallest absolute Gasteiger partial charge is 0.0329 e. The highest BCUT2D eigenvalue weighted by Crippen LogP contribution is 2.15. The van der Waals surface area contributed by atoms with Crippen LogP contribution in [0.1, 0.15) is 12.8 Å². The first kappa shape index (κ1) is 9.44. The quantitative estimate of drug-likeness (QED) is 0.415. The molecule has 10 heavy (non-hydrogen) atoms. The van der Waals surface area contributed by atoms with Gasteiger partial charge in [0.1, 0.15) is 0 Å². The Hall–Kier alpha value is -0.563. The Kier molecular flexibility index (Phi) is 4.94. The molecule has 0 spiro atoms. The molecule has 0 aromatic heterocycles. The lowest BCUT2D eigenvalue weighted by atomic mass is 10.0. The highest BCUT2D eigenvalue weighted by Gasteiger charge is 2.03. The minimum absolute atomic E-state index is 0.613. The van der Waals surface area contributed by atoms with Crippen LogP contribution in [0.25, 0.3) is 0 Å². The van der Waals surface area contributed by atoms with Gasteiger partial charge in [-0.1, -0.05) is 17.3 Å². The third-order valence-electron chi connectivity index (χ3n) is 1.60. The van der Waals surface area contributed by atoms with E-state index in [0.717, 1.165) is 23.1 Å². The van der Waals surface area contributed by atoms with Crippen molar-refractivity contribution in [1.29, 1.82) is 0 Å². The molecule has 0 rings (SSSR count). The van der Waals surface area contributed by atoms with Gasteiger partial charge in [-0.3, -0.25) is 0 Å². The third-order valence-corrected chi connectivity index (χ3v) is 2.42. The van der Waals surface area contributed by atoms with Crippen molar-refractivity contribution in [3.63, 3.8) is 0 Å². The molecule has 0 aliphatic rings. The van der Waals surface area contributed by atoms with Crippen LogP contribution in [0.3, 0.4) is 0 Å². The van der Waals surface area contributed by atoms with Gasteiger partial charge in [-0.15, -0.1) is 19.7 Å². The summed E-state index contributed by atoms with van der Waals surface area (Å²) in [7, 11) is 1.09. The van der Waals surface area contributed by atoms with Gasteiger partial charge >= 0.3 is 0 Å². The molecule has 0 aliphatic carbocycles. The lowest BCUT2D eigenvalue weighted by Crippen LogP contribution is -2.00. The summed E-state index contributed by atoms with van der Waals surface area (Å²) >= 11 is 0. The monoisotopic (exact) mass is 152 g/mol. The molecule has 0 fully saturated rings. The van der Waals surface area contributed by atoms with E-state index in [4.69, 9.17) is 0 Å². The molecule has 0 nitrogen and oxygen atoms in total. The molecular weight excluding hydrogens is 136 g/mol. The molecular formula is C9H16Si. The molecule has 56 valence electrons. The van der Waals surface area contributed by atoms with Gasteiger partial charge in [0.05, 0.1) is 0 Å². The molecule has 1 heteroatoms. The van der Waals surface area contributed by atoms with Crippen LogP contribution in [-0.4, -0.2) is 10.2 Å². The van der Waals surface area contributed by atoms with E-state index in [-0.39, 0.29) is 0 Å².